The first-order valence-electron chi connectivity index (χ1n) is 6.73. The van der Waals surface area contributed by atoms with Gasteiger partial charge in [-0.2, -0.15) is 5.10 Å². The van der Waals surface area contributed by atoms with Gasteiger partial charge in [-0.25, -0.2) is 0 Å². The van der Waals surface area contributed by atoms with E-state index in [0.717, 1.165) is 11.4 Å². The van der Waals surface area contributed by atoms with E-state index in [-0.39, 0.29) is 6.04 Å². The van der Waals surface area contributed by atoms with Crippen molar-refractivity contribution < 1.29 is 0 Å². The molecule has 2 aromatic heterocycles. The predicted molar refractivity (Wildman–Crippen MR) is 78.4 cm³/mol. The number of aryl methyl sites for hydroxylation is 1. The normalized spacial score (nSPS) is 12.7. The molecule has 0 aliphatic carbocycles. The average molecular weight is 258 g/mol. The van der Waals surface area contributed by atoms with Gasteiger partial charge in [-0.05, 0) is 52.3 Å². The topological polar surface area (TPSA) is 42.7 Å². The average Bonchev–Trinajstić information content (AvgIpc) is 2.68. The summed E-state index contributed by atoms with van der Waals surface area (Å²) >= 11 is 0. The van der Waals surface area contributed by atoms with Crippen LogP contribution in [0.1, 0.15) is 49.8 Å². The monoisotopic (exact) mass is 258 g/mol. The van der Waals surface area contributed by atoms with Crippen molar-refractivity contribution in [3.8, 4) is 0 Å². The summed E-state index contributed by atoms with van der Waals surface area (Å²) in [7, 11) is 0. The largest absolute Gasteiger partial charge is 0.376 e. The van der Waals surface area contributed by atoms with Crippen molar-refractivity contribution in [3.63, 3.8) is 0 Å². The number of pyridine rings is 1. The van der Waals surface area contributed by atoms with Crippen molar-refractivity contribution in [2.24, 2.45) is 0 Å². The number of anilines is 1. The van der Waals surface area contributed by atoms with Crippen LogP contribution in [0.15, 0.2) is 24.5 Å². The molecule has 1 atom stereocenters. The first kappa shape index (κ1) is 13.6. The van der Waals surface area contributed by atoms with Gasteiger partial charge in [0.25, 0.3) is 0 Å². The molecule has 4 nitrogen and oxygen atoms in total. The summed E-state index contributed by atoms with van der Waals surface area (Å²) in [6, 6.07) is 4.69. The molecular weight excluding hydrogens is 236 g/mol. The lowest BCUT2D eigenvalue weighted by atomic mass is 10.1. The maximum Gasteiger partial charge on any atom is 0.0828 e. The third-order valence-electron chi connectivity index (χ3n) is 3.38. The van der Waals surface area contributed by atoms with E-state index in [1.54, 1.807) is 0 Å². The Morgan fingerprint density at radius 3 is 2.26 bits per heavy atom. The second-order valence-electron chi connectivity index (χ2n) is 5.23. The second-order valence-corrected chi connectivity index (χ2v) is 5.23. The molecule has 102 valence electrons. The fraction of sp³-hybridized carbons (Fsp3) is 0.467. The molecule has 0 radical (unpaired) electrons. The van der Waals surface area contributed by atoms with Gasteiger partial charge in [0.1, 0.15) is 0 Å². The maximum absolute atomic E-state index is 4.60. The van der Waals surface area contributed by atoms with Crippen LogP contribution < -0.4 is 5.32 Å². The Balaban J connectivity index is 2.24. The zero-order valence-corrected chi connectivity index (χ0v) is 12.3. The van der Waals surface area contributed by atoms with Crippen LogP contribution in [0, 0.1) is 13.8 Å². The highest BCUT2D eigenvalue weighted by Crippen LogP contribution is 2.26. The minimum Gasteiger partial charge on any atom is -0.376 e. The molecule has 4 heteroatoms. The lowest BCUT2D eigenvalue weighted by Crippen LogP contribution is -2.09. The van der Waals surface area contributed by atoms with Crippen molar-refractivity contribution in [2.75, 3.05) is 5.32 Å². The van der Waals surface area contributed by atoms with E-state index in [2.05, 4.69) is 47.8 Å². The zero-order valence-electron chi connectivity index (χ0n) is 12.3. The Morgan fingerprint density at radius 1 is 1.11 bits per heavy atom. The smallest absolute Gasteiger partial charge is 0.0828 e. The minimum absolute atomic E-state index is 0.241. The molecule has 0 bridgehead atoms. The summed E-state index contributed by atoms with van der Waals surface area (Å²) in [5.41, 5.74) is 4.60. The molecule has 19 heavy (non-hydrogen) atoms. The van der Waals surface area contributed by atoms with Crippen molar-refractivity contribution >= 4 is 5.69 Å². The lowest BCUT2D eigenvalue weighted by molar-refractivity contribution is 0.516. The van der Waals surface area contributed by atoms with Crippen LogP contribution in [-0.4, -0.2) is 14.8 Å². The van der Waals surface area contributed by atoms with Crippen molar-refractivity contribution in [3.05, 3.63) is 41.5 Å². The summed E-state index contributed by atoms with van der Waals surface area (Å²) in [4.78, 5) is 4.05. The Morgan fingerprint density at radius 2 is 1.74 bits per heavy atom. The molecule has 0 aliphatic rings. The van der Waals surface area contributed by atoms with Crippen LogP contribution >= 0.6 is 0 Å². The SMILES string of the molecule is Cc1nn(C(C)C)c(C)c1NC(C)c1ccncc1. The summed E-state index contributed by atoms with van der Waals surface area (Å²) < 4.78 is 2.07. The first-order chi connectivity index (χ1) is 9.00. The van der Waals surface area contributed by atoms with Gasteiger partial charge >= 0.3 is 0 Å². The third kappa shape index (κ3) is 2.78. The highest BCUT2D eigenvalue weighted by atomic mass is 15.3. The number of nitrogens with zero attached hydrogens (tertiary/aromatic N) is 3. The van der Waals surface area contributed by atoms with E-state index in [4.69, 9.17) is 0 Å². The highest BCUT2D eigenvalue weighted by Gasteiger charge is 2.15. The fourth-order valence-electron chi connectivity index (χ4n) is 2.33. The molecule has 0 saturated heterocycles. The number of hydrogen-bond acceptors (Lipinski definition) is 3. The number of aromatic nitrogens is 3. The Labute approximate surface area is 114 Å². The minimum atomic E-state index is 0.241. The molecule has 0 saturated carbocycles. The quantitative estimate of drug-likeness (QED) is 0.910. The van der Waals surface area contributed by atoms with Gasteiger partial charge in [0.05, 0.1) is 17.1 Å². The van der Waals surface area contributed by atoms with Crippen LogP contribution in [0.25, 0.3) is 0 Å². The second kappa shape index (κ2) is 5.43. The predicted octanol–water partition coefficient (Wildman–Crippen LogP) is 3.65. The molecule has 0 aromatic carbocycles. The van der Waals surface area contributed by atoms with Crippen LogP contribution in [-0.2, 0) is 0 Å². The Bertz CT molecular complexity index is 543. The Kier molecular flexibility index (Phi) is 3.88. The molecule has 0 amide bonds. The molecular formula is C15H22N4. The van der Waals surface area contributed by atoms with Crippen LogP contribution in [0.5, 0.6) is 0 Å². The highest BCUT2D eigenvalue weighted by molar-refractivity contribution is 5.53. The molecule has 1 unspecified atom stereocenters. The molecule has 2 aromatic rings. The molecule has 2 heterocycles. The van der Waals surface area contributed by atoms with Crippen LogP contribution in [0.4, 0.5) is 5.69 Å². The summed E-state index contributed by atoms with van der Waals surface area (Å²) in [5.74, 6) is 0. The van der Waals surface area contributed by atoms with Crippen molar-refractivity contribution in [2.45, 2.75) is 46.7 Å². The summed E-state index contributed by atoms with van der Waals surface area (Å²) in [6.45, 7) is 10.6. The van der Waals surface area contributed by atoms with Gasteiger partial charge in [-0.15, -0.1) is 0 Å². The molecule has 0 spiro atoms. The van der Waals surface area contributed by atoms with Gasteiger partial charge in [0, 0.05) is 24.5 Å². The van der Waals surface area contributed by atoms with Gasteiger partial charge in [0.15, 0.2) is 0 Å². The number of rotatable bonds is 4. The van der Waals surface area contributed by atoms with Crippen molar-refractivity contribution in [1.82, 2.24) is 14.8 Å². The zero-order chi connectivity index (χ0) is 14.0. The van der Waals surface area contributed by atoms with Gasteiger partial charge in [0.2, 0.25) is 0 Å². The van der Waals surface area contributed by atoms with Gasteiger partial charge in [-0.3, -0.25) is 9.67 Å². The summed E-state index contributed by atoms with van der Waals surface area (Å²) in [5, 5.41) is 8.16. The maximum atomic E-state index is 4.60. The lowest BCUT2D eigenvalue weighted by Gasteiger charge is -2.16. The van der Waals surface area contributed by atoms with E-state index < -0.39 is 0 Å². The van der Waals surface area contributed by atoms with Crippen LogP contribution in [0.2, 0.25) is 0 Å². The van der Waals surface area contributed by atoms with E-state index in [1.165, 1.54) is 11.3 Å². The third-order valence-corrected chi connectivity index (χ3v) is 3.38. The fourth-order valence-corrected chi connectivity index (χ4v) is 2.33. The number of hydrogen-bond donors (Lipinski definition) is 1. The van der Waals surface area contributed by atoms with E-state index >= 15 is 0 Å². The van der Waals surface area contributed by atoms with Gasteiger partial charge < -0.3 is 5.32 Å². The molecule has 0 aliphatic heterocycles. The molecule has 2 rings (SSSR count). The first-order valence-corrected chi connectivity index (χ1v) is 6.73. The summed E-state index contributed by atoms with van der Waals surface area (Å²) in [6.07, 6.45) is 3.65. The van der Waals surface area contributed by atoms with E-state index in [0.29, 0.717) is 6.04 Å². The molecule has 1 N–H and O–H groups in total. The standard InChI is InChI=1S/C15H22N4/c1-10(2)19-13(5)15(12(4)18-19)17-11(3)14-6-8-16-9-7-14/h6-11,17H,1-5H3. The Hall–Kier alpha value is -1.84. The van der Waals surface area contributed by atoms with Gasteiger partial charge in [-0.1, -0.05) is 0 Å². The van der Waals surface area contributed by atoms with E-state index in [1.807, 2.05) is 31.5 Å². The van der Waals surface area contributed by atoms with Crippen molar-refractivity contribution in [1.29, 1.82) is 0 Å². The molecule has 0 fully saturated rings. The number of nitrogens with one attached hydrogen (secondary N) is 1. The van der Waals surface area contributed by atoms with E-state index in [9.17, 15) is 0 Å². The van der Waals surface area contributed by atoms with Crippen LogP contribution in [0.3, 0.4) is 0 Å².